The van der Waals surface area contributed by atoms with E-state index in [9.17, 15) is 0 Å². The van der Waals surface area contributed by atoms with Crippen LogP contribution in [0.4, 0.5) is 0 Å². The number of hydrogen-bond donors (Lipinski definition) is 0. The molecule has 39 valence electrons. The molecule has 0 spiro atoms. The molecular weight excluding hydrogens is 84.1 g/mol. The summed E-state index contributed by atoms with van der Waals surface area (Å²) >= 11 is 0. The van der Waals surface area contributed by atoms with Gasteiger partial charge in [0.25, 0.3) is 0 Å². The third kappa shape index (κ3) is 5.56. The van der Waals surface area contributed by atoms with Gasteiger partial charge in [-0.3, -0.25) is 0 Å². The van der Waals surface area contributed by atoms with Gasteiger partial charge < -0.3 is 0 Å². The van der Waals surface area contributed by atoms with Crippen molar-refractivity contribution in [2.24, 2.45) is 5.92 Å². The molecule has 0 aromatic rings. The van der Waals surface area contributed by atoms with E-state index in [2.05, 4.69) is 19.8 Å². The molecule has 0 aromatic carbocycles. The van der Waals surface area contributed by atoms with E-state index in [1.54, 1.807) is 0 Å². The predicted molar refractivity (Wildman–Crippen MR) is 31.2 cm³/mol. The van der Waals surface area contributed by atoms with Crippen molar-refractivity contribution < 1.29 is 0 Å². The molecule has 0 atom stereocenters. The van der Waals surface area contributed by atoms with Crippen LogP contribution in [0.3, 0.4) is 0 Å². The maximum absolute atomic E-state index is 6.55. The Kier molecular flexibility index (Phi) is 3.50. The van der Waals surface area contributed by atoms with Crippen LogP contribution in [0.15, 0.2) is 0 Å². The van der Waals surface area contributed by atoms with E-state index in [0.29, 0.717) is 0 Å². The van der Waals surface area contributed by atoms with Gasteiger partial charge in [-0.25, -0.2) is 0 Å². The van der Waals surface area contributed by atoms with Gasteiger partial charge in [0.1, 0.15) is 0 Å². The van der Waals surface area contributed by atoms with E-state index < -0.39 is 0 Å². The largest absolute Gasteiger partial charge is 0.0891 e. The van der Waals surface area contributed by atoms with E-state index in [1.807, 2.05) is 0 Å². The monoisotopic (exact) mass is 95.1 g/mol. The lowest BCUT2D eigenvalue weighted by Gasteiger charge is -1.95. The molecule has 0 rings (SSSR count). The third-order valence-electron chi connectivity index (χ3n) is 0.847. The van der Waals surface area contributed by atoms with Crippen molar-refractivity contribution in [3.63, 3.8) is 0 Å². The summed E-state index contributed by atoms with van der Waals surface area (Å²) in [5, 5.41) is 0. The minimum Gasteiger partial charge on any atom is -0.0891 e. The summed E-state index contributed by atoms with van der Waals surface area (Å²) < 4.78 is 0. The van der Waals surface area contributed by atoms with Crippen LogP contribution in [-0.2, 0) is 0 Å². The maximum Gasteiger partial charge on any atom is 0.0101 e. The molecule has 0 heteroatoms. The summed E-state index contributed by atoms with van der Waals surface area (Å²) in [6, 6.07) is 0. The van der Waals surface area contributed by atoms with Crippen LogP contribution >= 0.6 is 0 Å². The molecule has 0 aliphatic rings. The minimum absolute atomic E-state index is 0.720. The molecule has 0 fully saturated rings. The second-order valence-corrected chi connectivity index (χ2v) is 2.11. The Morgan fingerprint density at radius 1 is 1.57 bits per heavy atom. The maximum atomic E-state index is 6.55. The van der Waals surface area contributed by atoms with E-state index in [4.69, 9.17) is 6.42 Å². The Morgan fingerprint density at radius 2 is 2.14 bits per heavy atom. The molecular formula is C7H11. The van der Waals surface area contributed by atoms with Gasteiger partial charge in [-0.15, -0.1) is 0 Å². The van der Waals surface area contributed by atoms with Crippen molar-refractivity contribution in [1.82, 2.24) is 0 Å². The SMILES string of the molecule is [C]#CCCC(C)C. The number of rotatable bonds is 2. The fraction of sp³-hybridized carbons (Fsp3) is 0.714. The summed E-state index contributed by atoms with van der Waals surface area (Å²) in [4.78, 5) is 0. The lowest BCUT2D eigenvalue weighted by Crippen LogP contribution is -1.82. The van der Waals surface area contributed by atoms with Crippen molar-refractivity contribution in [3.05, 3.63) is 6.42 Å². The fourth-order valence-corrected chi connectivity index (χ4v) is 0.361. The van der Waals surface area contributed by atoms with Gasteiger partial charge in [-0.1, -0.05) is 19.8 Å². The van der Waals surface area contributed by atoms with Gasteiger partial charge in [-0.2, -0.15) is 0 Å². The second-order valence-electron chi connectivity index (χ2n) is 2.11. The molecule has 0 heterocycles. The molecule has 1 radical (unpaired) electrons. The van der Waals surface area contributed by atoms with Crippen LogP contribution < -0.4 is 0 Å². The summed E-state index contributed by atoms with van der Waals surface area (Å²) in [6.07, 6.45) is 8.46. The second kappa shape index (κ2) is 3.74. The van der Waals surface area contributed by atoms with Crippen molar-refractivity contribution >= 4 is 0 Å². The Bertz CT molecular complexity index is 64.6. The predicted octanol–water partition coefficient (Wildman–Crippen LogP) is 2.01. The minimum atomic E-state index is 0.720. The zero-order valence-corrected chi connectivity index (χ0v) is 4.99. The smallest absolute Gasteiger partial charge is 0.0101 e. The lowest BCUT2D eigenvalue weighted by molar-refractivity contribution is 0.599. The first-order valence-corrected chi connectivity index (χ1v) is 2.67. The highest BCUT2D eigenvalue weighted by Crippen LogP contribution is 2.00. The highest BCUT2D eigenvalue weighted by Gasteiger charge is 1.87. The quantitative estimate of drug-likeness (QED) is 0.460. The standard InChI is InChI=1S/C7H11/c1-4-5-6-7(2)3/h7H,5-6H2,2-3H3. The summed E-state index contributed by atoms with van der Waals surface area (Å²) in [5.41, 5.74) is 0. The Balaban J connectivity index is 2.86. The Labute approximate surface area is 45.9 Å². The molecule has 0 bridgehead atoms. The summed E-state index contributed by atoms with van der Waals surface area (Å²) in [6.45, 7) is 4.30. The van der Waals surface area contributed by atoms with E-state index in [1.165, 1.54) is 0 Å². The van der Waals surface area contributed by atoms with Gasteiger partial charge in [-0.05, 0) is 18.8 Å². The molecule has 0 saturated heterocycles. The van der Waals surface area contributed by atoms with Crippen molar-refractivity contribution in [2.45, 2.75) is 26.7 Å². The molecule has 0 unspecified atom stereocenters. The molecule has 0 amide bonds. The topological polar surface area (TPSA) is 0 Å². The average molecular weight is 95.2 g/mol. The zero-order valence-electron chi connectivity index (χ0n) is 4.99. The summed E-state index contributed by atoms with van der Waals surface area (Å²) in [5.74, 6) is 3.07. The molecule has 0 N–H and O–H groups in total. The van der Waals surface area contributed by atoms with Gasteiger partial charge in [0, 0.05) is 6.42 Å². The first-order valence-electron chi connectivity index (χ1n) is 2.67. The van der Waals surface area contributed by atoms with Gasteiger partial charge >= 0.3 is 0 Å². The summed E-state index contributed by atoms with van der Waals surface area (Å²) in [7, 11) is 0. The van der Waals surface area contributed by atoms with Crippen molar-refractivity contribution in [1.29, 1.82) is 0 Å². The van der Waals surface area contributed by atoms with Gasteiger partial charge in [0.05, 0.1) is 0 Å². The average Bonchev–Trinajstić information content (AvgIpc) is 1.61. The Morgan fingerprint density at radius 3 is 2.29 bits per heavy atom. The van der Waals surface area contributed by atoms with Crippen molar-refractivity contribution in [3.8, 4) is 5.92 Å². The van der Waals surface area contributed by atoms with E-state index in [-0.39, 0.29) is 0 Å². The molecule has 0 aliphatic heterocycles. The molecule has 0 nitrogen and oxygen atoms in total. The first-order chi connectivity index (χ1) is 3.27. The molecule has 0 saturated carbocycles. The number of hydrogen-bond acceptors (Lipinski definition) is 0. The molecule has 7 heavy (non-hydrogen) atoms. The van der Waals surface area contributed by atoms with Crippen LogP contribution in [-0.4, -0.2) is 0 Å². The van der Waals surface area contributed by atoms with Crippen LogP contribution in [0.1, 0.15) is 26.7 Å². The van der Waals surface area contributed by atoms with E-state index in [0.717, 1.165) is 18.8 Å². The highest BCUT2D eigenvalue weighted by molar-refractivity contribution is 4.74. The van der Waals surface area contributed by atoms with Crippen molar-refractivity contribution in [2.75, 3.05) is 0 Å². The van der Waals surface area contributed by atoms with Gasteiger partial charge in [0.15, 0.2) is 0 Å². The Hall–Kier alpha value is -0.440. The van der Waals surface area contributed by atoms with Crippen LogP contribution in [0.5, 0.6) is 0 Å². The van der Waals surface area contributed by atoms with Gasteiger partial charge in [0.2, 0.25) is 0 Å². The first kappa shape index (κ1) is 6.56. The van der Waals surface area contributed by atoms with Crippen LogP contribution in [0.2, 0.25) is 0 Å². The van der Waals surface area contributed by atoms with E-state index >= 15 is 0 Å². The van der Waals surface area contributed by atoms with Crippen LogP contribution in [0.25, 0.3) is 0 Å². The molecule has 0 aliphatic carbocycles. The molecule has 0 aromatic heterocycles. The fourth-order valence-electron chi connectivity index (χ4n) is 0.361. The lowest BCUT2D eigenvalue weighted by atomic mass is 10.1. The normalized spacial score (nSPS) is 8.86. The van der Waals surface area contributed by atoms with Crippen LogP contribution in [0, 0.1) is 18.3 Å². The zero-order chi connectivity index (χ0) is 5.70. The highest BCUT2D eigenvalue weighted by atomic mass is 13.9. The third-order valence-corrected chi connectivity index (χ3v) is 0.847.